The Kier molecular flexibility index (Phi) is 5.67. The van der Waals surface area contributed by atoms with Gasteiger partial charge in [0.15, 0.2) is 0 Å². The van der Waals surface area contributed by atoms with Crippen molar-refractivity contribution in [1.82, 2.24) is 15.2 Å². The molecule has 146 valence electrons. The van der Waals surface area contributed by atoms with Gasteiger partial charge in [0.1, 0.15) is 17.8 Å². The number of hydrogen-bond acceptors (Lipinski definition) is 3. The van der Waals surface area contributed by atoms with E-state index in [2.05, 4.69) is 27.3 Å². The molecule has 29 heavy (non-hydrogen) atoms. The molecule has 0 spiro atoms. The van der Waals surface area contributed by atoms with E-state index in [0.717, 1.165) is 22.3 Å². The first kappa shape index (κ1) is 19.6. The maximum Gasteiger partial charge on any atom is 0.133 e. The van der Waals surface area contributed by atoms with E-state index < -0.39 is 5.60 Å². The molecule has 0 fully saturated rings. The summed E-state index contributed by atoms with van der Waals surface area (Å²) in [4.78, 5) is 2.97. The highest BCUT2D eigenvalue weighted by molar-refractivity contribution is 6.35. The lowest BCUT2D eigenvalue weighted by Crippen LogP contribution is -2.32. The average Bonchev–Trinajstić information content (AvgIpc) is 3.24. The number of halogens is 2. The molecule has 0 bridgehead atoms. The van der Waals surface area contributed by atoms with Gasteiger partial charge in [-0.05, 0) is 34.4 Å². The number of aliphatic hydroxyl groups is 1. The van der Waals surface area contributed by atoms with Gasteiger partial charge < -0.3 is 10.1 Å². The molecule has 4 nitrogen and oxygen atoms in total. The van der Waals surface area contributed by atoms with Gasteiger partial charge in [0, 0.05) is 22.9 Å². The minimum Gasteiger partial charge on any atom is -0.384 e. The van der Waals surface area contributed by atoms with Crippen LogP contribution < -0.4 is 0 Å². The van der Waals surface area contributed by atoms with Crippen molar-refractivity contribution in [2.45, 2.75) is 18.4 Å². The summed E-state index contributed by atoms with van der Waals surface area (Å²) in [6.07, 6.45) is 2.09. The Morgan fingerprint density at radius 1 is 0.862 bits per heavy atom. The van der Waals surface area contributed by atoms with Crippen LogP contribution in [0.25, 0.3) is 11.1 Å². The van der Waals surface area contributed by atoms with Crippen LogP contribution in [0.5, 0.6) is 0 Å². The van der Waals surface area contributed by atoms with Crippen molar-refractivity contribution < 1.29 is 5.11 Å². The van der Waals surface area contributed by atoms with Crippen molar-refractivity contribution in [1.29, 1.82) is 0 Å². The molecule has 0 radical (unpaired) electrons. The summed E-state index contributed by atoms with van der Waals surface area (Å²) in [6, 6.07) is 23.3. The van der Waals surface area contributed by atoms with Crippen LogP contribution in [0.3, 0.4) is 0 Å². The summed E-state index contributed by atoms with van der Waals surface area (Å²) in [5, 5.41) is 20.6. The zero-order chi connectivity index (χ0) is 20.3. The normalized spacial score (nSPS) is 13.2. The third-order valence-electron chi connectivity index (χ3n) is 4.95. The summed E-state index contributed by atoms with van der Waals surface area (Å²) in [6.45, 7) is 0. The van der Waals surface area contributed by atoms with Crippen LogP contribution in [0, 0.1) is 0 Å². The highest BCUT2D eigenvalue weighted by Crippen LogP contribution is 2.33. The number of nitrogens with zero attached hydrogens (tertiary/aromatic N) is 2. The number of aromatic nitrogens is 3. The number of nitrogens with one attached hydrogen (secondary N) is 1. The summed E-state index contributed by atoms with van der Waals surface area (Å²) < 4.78 is 0. The highest BCUT2D eigenvalue weighted by atomic mass is 35.5. The van der Waals surface area contributed by atoms with Gasteiger partial charge in [0.05, 0.1) is 0 Å². The highest BCUT2D eigenvalue weighted by Gasteiger charge is 2.32. The molecule has 0 saturated heterocycles. The van der Waals surface area contributed by atoms with Crippen LogP contribution in [-0.4, -0.2) is 20.3 Å². The Bertz CT molecular complexity index is 1080. The van der Waals surface area contributed by atoms with Gasteiger partial charge in [-0.2, -0.15) is 0 Å². The Labute approximate surface area is 179 Å². The molecule has 1 aromatic heterocycles. The zero-order valence-electron chi connectivity index (χ0n) is 15.5. The molecule has 1 heterocycles. The standard InChI is InChI=1S/C23H19Cl2N3O/c24-20-11-8-18(21(25)12-20)13-23(29,14-22-26-15-27-28-22)19-9-6-17(7-10-19)16-4-2-1-3-5-16/h1-12,15,29H,13-14H2,(H,26,27,28). The molecule has 0 aliphatic heterocycles. The SMILES string of the molecule is OC(Cc1nnc[nH]1)(Cc1ccc(Cl)cc1Cl)c1ccc(-c2ccccc2)cc1. The van der Waals surface area contributed by atoms with Gasteiger partial charge in [0.25, 0.3) is 0 Å². The first-order valence-corrected chi connectivity index (χ1v) is 9.96. The van der Waals surface area contributed by atoms with Gasteiger partial charge in [-0.1, -0.05) is 83.9 Å². The summed E-state index contributed by atoms with van der Waals surface area (Å²) >= 11 is 12.4. The lowest BCUT2D eigenvalue weighted by molar-refractivity contribution is 0.0352. The second-order valence-electron chi connectivity index (χ2n) is 7.00. The fourth-order valence-electron chi connectivity index (χ4n) is 3.44. The quantitative estimate of drug-likeness (QED) is 0.433. The molecule has 3 aromatic carbocycles. The molecule has 2 N–H and O–H groups in total. The monoisotopic (exact) mass is 423 g/mol. The predicted molar refractivity (Wildman–Crippen MR) is 116 cm³/mol. The van der Waals surface area contributed by atoms with Crippen molar-refractivity contribution >= 4 is 23.2 Å². The third kappa shape index (κ3) is 4.51. The molecule has 0 aliphatic carbocycles. The Balaban J connectivity index is 1.69. The van der Waals surface area contributed by atoms with Crippen LogP contribution in [-0.2, 0) is 18.4 Å². The van der Waals surface area contributed by atoms with E-state index in [1.54, 1.807) is 12.1 Å². The van der Waals surface area contributed by atoms with Gasteiger partial charge in [-0.15, -0.1) is 10.2 Å². The number of aromatic amines is 1. The molecule has 6 heteroatoms. The maximum atomic E-state index is 11.7. The van der Waals surface area contributed by atoms with Crippen molar-refractivity contribution in [3.63, 3.8) is 0 Å². The van der Waals surface area contributed by atoms with E-state index in [0.29, 0.717) is 22.3 Å². The molecule has 0 amide bonds. The topological polar surface area (TPSA) is 61.8 Å². The van der Waals surface area contributed by atoms with Gasteiger partial charge in [0.2, 0.25) is 0 Å². The van der Waals surface area contributed by atoms with E-state index in [9.17, 15) is 5.11 Å². The van der Waals surface area contributed by atoms with E-state index >= 15 is 0 Å². The van der Waals surface area contributed by atoms with Crippen molar-refractivity contribution in [2.75, 3.05) is 0 Å². The lowest BCUT2D eigenvalue weighted by Gasteiger charge is -2.29. The fraction of sp³-hybridized carbons (Fsp3) is 0.130. The second-order valence-corrected chi connectivity index (χ2v) is 7.84. The first-order valence-electron chi connectivity index (χ1n) is 9.21. The van der Waals surface area contributed by atoms with Crippen LogP contribution >= 0.6 is 23.2 Å². The second kappa shape index (κ2) is 8.37. The Hall–Kier alpha value is -2.66. The Morgan fingerprint density at radius 3 is 2.24 bits per heavy atom. The van der Waals surface area contributed by atoms with Crippen LogP contribution in [0.4, 0.5) is 0 Å². The van der Waals surface area contributed by atoms with E-state index in [-0.39, 0.29) is 6.42 Å². The van der Waals surface area contributed by atoms with E-state index in [1.165, 1.54) is 6.33 Å². The van der Waals surface area contributed by atoms with Gasteiger partial charge in [-0.3, -0.25) is 0 Å². The molecule has 1 atom stereocenters. The number of rotatable bonds is 6. The maximum absolute atomic E-state index is 11.7. The molecule has 4 rings (SSSR count). The molecule has 1 unspecified atom stereocenters. The van der Waals surface area contributed by atoms with E-state index in [4.69, 9.17) is 23.2 Å². The van der Waals surface area contributed by atoms with Crippen LogP contribution in [0.15, 0.2) is 79.1 Å². The van der Waals surface area contributed by atoms with Crippen molar-refractivity contribution in [3.05, 3.63) is 106 Å². The smallest absolute Gasteiger partial charge is 0.133 e. The lowest BCUT2D eigenvalue weighted by atomic mass is 9.83. The van der Waals surface area contributed by atoms with Crippen LogP contribution in [0.2, 0.25) is 10.0 Å². The average molecular weight is 424 g/mol. The Morgan fingerprint density at radius 2 is 1.59 bits per heavy atom. The molecule has 0 aliphatic rings. The summed E-state index contributed by atoms with van der Waals surface area (Å²) in [5.41, 5.74) is 2.58. The molecule has 4 aromatic rings. The molecule has 0 saturated carbocycles. The number of benzene rings is 3. The summed E-state index contributed by atoms with van der Waals surface area (Å²) in [5.74, 6) is 0.602. The van der Waals surface area contributed by atoms with Crippen LogP contribution in [0.1, 0.15) is 17.0 Å². The third-order valence-corrected chi connectivity index (χ3v) is 5.54. The van der Waals surface area contributed by atoms with E-state index in [1.807, 2.05) is 48.5 Å². The zero-order valence-corrected chi connectivity index (χ0v) is 17.0. The largest absolute Gasteiger partial charge is 0.384 e. The van der Waals surface area contributed by atoms with Crippen molar-refractivity contribution in [2.24, 2.45) is 0 Å². The summed E-state index contributed by atoms with van der Waals surface area (Å²) in [7, 11) is 0. The van der Waals surface area contributed by atoms with Gasteiger partial charge >= 0.3 is 0 Å². The number of hydrogen-bond donors (Lipinski definition) is 2. The minimum absolute atomic E-state index is 0.274. The minimum atomic E-state index is -1.22. The molecular weight excluding hydrogens is 405 g/mol. The first-order chi connectivity index (χ1) is 14.0. The predicted octanol–water partition coefficient (Wildman–Crippen LogP) is 5.45. The molecular formula is C23H19Cl2N3O. The number of H-pyrrole nitrogens is 1. The fourth-order valence-corrected chi connectivity index (χ4v) is 3.92. The van der Waals surface area contributed by atoms with Crippen molar-refractivity contribution in [3.8, 4) is 11.1 Å². The van der Waals surface area contributed by atoms with Gasteiger partial charge in [-0.25, -0.2) is 0 Å².